The highest BCUT2D eigenvalue weighted by molar-refractivity contribution is 6.35. The van der Waals surface area contributed by atoms with Crippen LogP contribution in [0.1, 0.15) is 17.0 Å². The van der Waals surface area contributed by atoms with Crippen molar-refractivity contribution in [2.45, 2.75) is 25.6 Å². The highest BCUT2D eigenvalue weighted by Gasteiger charge is 2.26. The Morgan fingerprint density at radius 2 is 2.29 bits per heavy atom. The fourth-order valence-corrected chi connectivity index (χ4v) is 3.04. The van der Waals surface area contributed by atoms with Crippen molar-refractivity contribution < 1.29 is 13.9 Å². The molecular formula is C16H14BFN4O2. The Kier molecular flexibility index (Phi) is 3.68. The molecule has 3 aromatic rings. The van der Waals surface area contributed by atoms with E-state index in [1.807, 2.05) is 0 Å². The Bertz CT molecular complexity index is 914. The smallest absolute Gasteiger partial charge is 0.203 e. The minimum absolute atomic E-state index is 0.246. The third kappa shape index (κ3) is 2.43. The monoisotopic (exact) mass is 324 g/mol. The quantitative estimate of drug-likeness (QED) is 0.663. The molecule has 1 aromatic carbocycles. The van der Waals surface area contributed by atoms with Crippen molar-refractivity contribution in [1.82, 2.24) is 19.6 Å². The number of ether oxygens (including phenoxy) is 2. The number of aryl methyl sites for hydroxylation is 1. The first-order valence-electron chi connectivity index (χ1n) is 7.60. The van der Waals surface area contributed by atoms with Gasteiger partial charge in [-0.25, -0.2) is 9.37 Å². The lowest BCUT2D eigenvalue weighted by Gasteiger charge is -2.09. The number of nitrogens with zero attached hydrogens (tertiary/aromatic N) is 4. The first kappa shape index (κ1) is 15.1. The van der Waals surface area contributed by atoms with Crippen molar-refractivity contribution in [3.8, 4) is 5.75 Å². The molecule has 0 bridgehead atoms. The minimum atomic E-state index is -0.361. The Labute approximate surface area is 139 Å². The molecule has 0 saturated heterocycles. The average molecular weight is 324 g/mol. The third-order valence-electron chi connectivity index (χ3n) is 4.26. The van der Waals surface area contributed by atoms with Gasteiger partial charge in [0, 0.05) is 31.7 Å². The molecule has 1 aliphatic rings. The number of fused-ring (bicyclic) bond motifs is 2. The lowest BCUT2D eigenvalue weighted by Crippen LogP contribution is -2.15. The van der Waals surface area contributed by atoms with E-state index in [1.165, 1.54) is 6.07 Å². The van der Waals surface area contributed by atoms with Crippen molar-refractivity contribution in [2.24, 2.45) is 0 Å². The Balaban J connectivity index is 1.64. The molecule has 24 heavy (non-hydrogen) atoms. The summed E-state index contributed by atoms with van der Waals surface area (Å²) in [5.41, 5.74) is 2.50. The topological polar surface area (TPSA) is 61.5 Å². The molecule has 1 unspecified atom stereocenters. The van der Waals surface area contributed by atoms with Crippen LogP contribution >= 0.6 is 0 Å². The zero-order chi connectivity index (χ0) is 16.7. The number of rotatable bonds is 4. The molecule has 2 aromatic heterocycles. The largest absolute Gasteiger partial charge is 0.464 e. The van der Waals surface area contributed by atoms with E-state index in [1.54, 1.807) is 30.1 Å². The van der Waals surface area contributed by atoms with Crippen molar-refractivity contribution in [3.05, 3.63) is 47.4 Å². The predicted molar refractivity (Wildman–Crippen MR) is 85.1 cm³/mol. The van der Waals surface area contributed by atoms with E-state index >= 15 is 0 Å². The van der Waals surface area contributed by atoms with Gasteiger partial charge in [0.25, 0.3) is 0 Å². The predicted octanol–water partition coefficient (Wildman–Crippen LogP) is 0.750. The molecule has 0 amide bonds. The highest BCUT2D eigenvalue weighted by Crippen LogP contribution is 2.33. The van der Waals surface area contributed by atoms with Crippen LogP contribution in [0.4, 0.5) is 4.39 Å². The van der Waals surface area contributed by atoms with E-state index in [9.17, 15) is 4.39 Å². The van der Waals surface area contributed by atoms with Gasteiger partial charge in [-0.15, -0.1) is 10.2 Å². The summed E-state index contributed by atoms with van der Waals surface area (Å²) in [6.45, 7) is 0. The molecule has 3 heterocycles. The summed E-state index contributed by atoms with van der Waals surface area (Å²) in [4.78, 5) is 4.33. The zero-order valence-corrected chi connectivity index (χ0v) is 13.1. The van der Waals surface area contributed by atoms with E-state index < -0.39 is 0 Å². The van der Waals surface area contributed by atoms with Crippen molar-refractivity contribution in [3.63, 3.8) is 0 Å². The summed E-state index contributed by atoms with van der Waals surface area (Å²) >= 11 is 0. The van der Waals surface area contributed by atoms with Gasteiger partial charge in [-0.2, -0.15) is 0 Å². The van der Waals surface area contributed by atoms with Gasteiger partial charge in [0.15, 0.2) is 5.65 Å². The molecule has 0 N–H and O–H groups in total. The number of aromatic nitrogens is 4. The van der Waals surface area contributed by atoms with Crippen LogP contribution in [-0.2, 0) is 24.0 Å². The summed E-state index contributed by atoms with van der Waals surface area (Å²) in [7, 11) is 7.41. The van der Waals surface area contributed by atoms with Crippen LogP contribution in [0, 0.1) is 5.82 Å². The van der Waals surface area contributed by atoms with Crippen LogP contribution < -0.4 is 10.2 Å². The first-order chi connectivity index (χ1) is 11.7. The molecule has 2 radical (unpaired) electrons. The SMILES string of the molecule is [B]c1cnc(CCc2c(F)ccc3c2CC(OC)O3)n2cnnc12. The van der Waals surface area contributed by atoms with Gasteiger partial charge in [0.05, 0.1) is 0 Å². The zero-order valence-electron chi connectivity index (χ0n) is 13.1. The van der Waals surface area contributed by atoms with Crippen molar-refractivity contribution >= 4 is 19.0 Å². The molecule has 1 aliphatic heterocycles. The van der Waals surface area contributed by atoms with Crippen LogP contribution in [0.25, 0.3) is 5.65 Å². The van der Waals surface area contributed by atoms with Crippen molar-refractivity contribution in [2.75, 3.05) is 7.11 Å². The van der Waals surface area contributed by atoms with Gasteiger partial charge >= 0.3 is 0 Å². The molecule has 0 saturated carbocycles. The van der Waals surface area contributed by atoms with E-state index in [0.29, 0.717) is 41.7 Å². The number of hydrogen-bond acceptors (Lipinski definition) is 5. The van der Waals surface area contributed by atoms with Gasteiger partial charge in [0.1, 0.15) is 31.6 Å². The fraction of sp³-hybridized carbons (Fsp3) is 0.312. The second-order valence-electron chi connectivity index (χ2n) is 5.64. The van der Waals surface area contributed by atoms with Crippen LogP contribution in [0.5, 0.6) is 5.75 Å². The summed E-state index contributed by atoms with van der Waals surface area (Å²) in [5.74, 6) is 1.16. The maximum atomic E-state index is 14.3. The summed E-state index contributed by atoms with van der Waals surface area (Å²) in [6.07, 6.45) is 4.30. The average Bonchev–Trinajstić information content (AvgIpc) is 3.22. The van der Waals surface area contributed by atoms with Crippen LogP contribution in [0.15, 0.2) is 24.7 Å². The summed E-state index contributed by atoms with van der Waals surface area (Å²) in [5, 5.41) is 7.82. The van der Waals surface area contributed by atoms with E-state index in [-0.39, 0.29) is 12.1 Å². The van der Waals surface area contributed by atoms with Crippen LogP contribution in [-0.4, -0.2) is 40.8 Å². The molecule has 0 fully saturated rings. The van der Waals surface area contributed by atoms with Crippen LogP contribution in [0.3, 0.4) is 0 Å². The maximum Gasteiger partial charge on any atom is 0.203 e. The molecular weight excluding hydrogens is 310 g/mol. The van der Waals surface area contributed by atoms with E-state index in [0.717, 1.165) is 11.4 Å². The summed E-state index contributed by atoms with van der Waals surface area (Å²) < 4.78 is 26.9. The molecule has 120 valence electrons. The molecule has 0 spiro atoms. The molecule has 0 aliphatic carbocycles. The maximum absolute atomic E-state index is 14.3. The van der Waals surface area contributed by atoms with Crippen LogP contribution in [0.2, 0.25) is 0 Å². The van der Waals surface area contributed by atoms with E-state index in [4.69, 9.17) is 17.3 Å². The van der Waals surface area contributed by atoms with Gasteiger partial charge in [0.2, 0.25) is 6.29 Å². The Hall–Kier alpha value is -2.48. The second kappa shape index (κ2) is 5.87. The fourth-order valence-electron chi connectivity index (χ4n) is 3.04. The molecule has 4 rings (SSSR count). The minimum Gasteiger partial charge on any atom is -0.464 e. The highest BCUT2D eigenvalue weighted by atomic mass is 19.1. The number of halogens is 1. The number of benzene rings is 1. The number of methoxy groups -OCH3 is 1. The normalized spacial score (nSPS) is 16.3. The van der Waals surface area contributed by atoms with E-state index in [2.05, 4.69) is 15.2 Å². The van der Waals surface area contributed by atoms with Crippen molar-refractivity contribution in [1.29, 1.82) is 0 Å². The molecule has 6 nitrogen and oxygen atoms in total. The molecule has 1 atom stereocenters. The standard InChI is InChI=1S/C16H14BFN4O2/c1-23-15-6-10-9(12(18)3-4-13(10)24-15)2-5-14-19-7-11(17)16-21-20-8-22(14)16/h3-4,7-8,15H,2,5-6H2,1H3. The Morgan fingerprint density at radius 1 is 1.42 bits per heavy atom. The number of hydrogen-bond donors (Lipinski definition) is 0. The first-order valence-corrected chi connectivity index (χ1v) is 7.60. The van der Waals surface area contributed by atoms with Gasteiger partial charge in [-0.05, 0) is 29.6 Å². The third-order valence-corrected chi connectivity index (χ3v) is 4.26. The lowest BCUT2D eigenvalue weighted by molar-refractivity contribution is -0.0367. The Morgan fingerprint density at radius 3 is 3.12 bits per heavy atom. The second-order valence-corrected chi connectivity index (χ2v) is 5.64. The van der Waals surface area contributed by atoms with Gasteiger partial charge in [-0.3, -0.25) is 4.40 Å². The van der Waals surface area contributed by atoms with Gasteiger partial charge < -0.3 is 9.47 Å². The lowest BCUT2D eigenvalue weighted by atomic mass is 9.98. The molecule has 8 heteroatoms. The van der Waals surface area contributed by atoms with Gasteiger partial charge in [-0.1, -0.05) is 0 Å². The summed E-state index contributed by atoms with van der Waals surface area (Å²) in [6, 6.07) is 3.07.